The number of benzene rings is 2. The number of hydrogen-bond acceptors (Lipinski definition) is 6. The molecule has 4 rings (SSSR count). The van der Waals surface area contributed by atoms with Gasteiger partial charge in [-0.25, -0.2) is 4.98 Å². The first kappa shape index (κ1) is 21.5. The van der Waals surface area contributed by atoms with Crippen LogP contribution >= 0.6 is 0 Å². The molecular weight excluding hydrogens is 416 g/mol. The van der Waals surface area contributed by atoms with Gasteiger partial charge >= 0.3 is 10.1 Å². The number of nitrogens with zero attached hydrogens (tertiary/aromatic N) is 2. The largest absolute Gasteiger partial charge is 0.497 e. The average molecular weight is 444 g/mol. The molecule has 0 aliphatic carbocycles. The lowest BCUT2D eigenvalue weighted by Crippen LogP contribution is -2.50. The molecule has 2 aromatic carbocycles. The number of hydroxylamine groups is 3. The number of quaternary nitrogens is 1. The summed E-state index contributed by atoms with van der Waals surface area (Å²) < 4.78 is 42.2. The van der Waals surface area contributed by atoms with E-state index in [9.17, 15) is 8.42 Å². The summed E-state index contributed by atoms with van der Waals surface area (Å²) in [5.41, 5.74) is 1.93. The van der Waals surface area contributed by atoms with Gasteiger partial charge < -0.3 is 9.15 Å². The van der Waals surface area contributed by atoms with Crippen LogP contribution in [0.1, 0.15) is 30.2 Å². The van der Waals surface area contributed by atoms with E-state index in [1.54, 1.807) is 44.6 Å². The zero-order valence-electron chi connectivity index (χ0n) is 17.9. The zero-order chi connectivity index (χ0) is 22.1. The fourth-order valence-electron chi connectivity index (χ4n) is 3.79. The van der Waals surface area contributed by atoms with Gasteiger partial charge in [0, 0.05) is 24.3 Å². The standard InChI is InChI=1S/C23H27N2O5S/c1-17-4-10-21(11-5-17)31(26,27)30-25(2)14-12-19(13-15-25)23-24-16-22(29-23)18-6-8-20(28-3)9-7-18/h4-11,16,19H,12-15H2,1-3H3/q+1. The third-order valence-corrected chi connectivity index (χ3v) is 7.14. The van der Waals surface area contributed by atoms with Gasteiger partial charge in [-0.15, -0.1) is 0 Å². The van der Waals surface area contributed by atoms with Gasteiger partial charge in [0.15, 0.2) is 11.7 Å². The summed E-state index contributed by atoms with van der Waals surface area (Å²) in [6.07, 6.45) is 3.18. The van der Waals surface area contributed by atoms with Crippen LogP contribution in [0.15, 0.2) is 64.0 Å². The lowest BCUT2D eigenvalue weighted by Gasteiger charge is -2.35. The molecule has 0 amide bonds. The molecule has 0 atom stereocenters. The van der Waals surface area contributed by atoms with Crippen molar-refractivity contribution in [1.82, 2.24) is 4.98 Å². The molecule has 164 valence electrons. The number of rotatable bonds is 6. The molecule has 3 aromatic rings. The third kappa shape index (κ3) is 4.81. The van der Waals surface area contributed by atoms with Crippen LogP contribution in [0.4, 0.5) is 0 Å². The highest BCUT2D eigenvalue weighted by molar-refractivity contribution is 7.86. The molecule has 0 spiro atoms. The predicted octanol–water partition coefficient (Wildman–Crippen LogP) is 4.30. The van der Waals surface area contributed by atoms with E-state index in [1.807, 2.05) is 31.2 Å². The van der Waals surface area contributed by atoms with E-state index in [2.05, 4.69) is 4.98 Å². The van der Waals surface area contributed by atoms with Crippen molar-refractivity contribution in [3.63, 3.8) is 0 Å². The molecular formula is C23H27N2O5S+. The molecule has 8 heteroatoms. The van der Waals surface area contributed by atoms with Crippen LogP contribution in [0.25, 0.3) is 11.3 Å². The maximum absolute atomic E-state index is 12.7. The van der Waals surface area contributed by atoms with Crippen molar-refractivity contribution in [2.75, 3.05) is 27.2 Å². The molecule has 1 aliphatic rings. The second-order valence-electron chi connectivity index (χ2n) is 8.15. The quantitative estimate of drug-likeness (QED) is 0.529. The number of hydrogen-bond donors (Lipinski definition) is 0. The highest BCUT2D eigenvalue weighted by Gasteiger charge is 2.39. The minimum absolute atomic E-state index is 0.0127. The van der Waals surface area contributed by atoms with E-state index in [0.29, 0.717) is 24.7 Å². The monoisotopic (exact) mass is 443 g/mol. The number of piperidine rings is 1. The SMILES string of the molecule is COc1ccc(-c2cnc(C3CC[N+](C)(OS(=O)(=O)c4ccc(C)cc4)CC3)o2)cc1. The highest BCUT2D eigenvalue weighted by atomic mass is 32.2. The van der Waals surface area contributed by atoms with E-state index < -0.39 is 10.1 Å². The molecule has 1 fully saturated rings. The maximum atomic E-state index is 12.7. The van der Waals surface area contributed by atoms with Crippen molar-refractivity contribution in [3.05, 3.63) is 66.2 Å². The number of ether oxygens (including phenoxy) is 1. The predicted molar refractivity (Wildman–Crippen MR) is 116 cm³/mol. The number of aryl methyl sites for hydroxylation is 1. The molecule has 1 aliphatic heterocycles. The summed E-state index contributed by atoms with van der Waals surface area (Å²) in [5, 5.41) is 0. The molecule has 31 heavy (non-hydrogen) atoms. The summed E-state index contributed by atoms with van der Waals surface area (Å²) in [6, 6.07) is 14.3. The van der Waals surface area contributed by atoms with Gasteiger partial charge in [0.1, 0.15) is 25.9 Å². The molecule has 7 nitrogen and oxygen atoms in total. The van der Waals surface area contributed by atoms with Gasteiger partial charge in [-0.2, -0.15) is 13.1 Å². The van der Waals surface area contributed by atoms with Gasteiger partial charge in [0.2, 0.25) is 0 Å². The van der Waals surface area contributed by atoms with Crippen LogP contribution < -0.4 is 4.74 Å². The van der Waals surface area contributed by atoms with Crippen LogP contribution in [-0.2, 0) is 14.4 Å². The maximum Gasteiger partial charge on any atom is 0.342 e. The first-order chi connectivity index (χ1) is 14.8. The van der Waals surface area contributed by atoms with Crippen molar-refractivity contribution in [2.24, 2.45) is 0 Å². The Balaban J connectivity index is 1.41. The number of methoxy groups -OCH3 is 1. The zero-order valence-corrected chi connectivity index (χ0v) is 18.8. The summed E-state index contributed by atoms with van der Waals surface area (Å²) >= 11 is 0. The van der Waals surface area contributed by atoms with Gasteiger partial charge in [-0.3, -0.25) is 0 Å². The number of likely N-dealkylation sites (tertiary alicyclic amines) is 1. The van der Waals surface area contributed by atoms with Gasteiger partial charge in [-0.05, 0) is 43.3 Å². The molecule has 0 N–H and O–H groups in total. The number of aromatic nitrogens is 1. The van der Waals surface area contributed by atoms with Gasteiger partial charge in [0.05, 0.1) is 18.2 Å². The van der Waals surface area contributed by atoms with E-state index in [4.69, 9.17) is 13.4 Å². The van der Waals surface area contributed by atoms with Crippen molar-refractivity contribution < 1.29 is 26.5 Å². The number of oxazole rings is 1. The summed E-state index contributed by atoms with van der Waals surface area (Å²) in [7, 11) is -0.395. The summed E-state index contributed by atoms with van der Waals surface area (Å²) in [5.74, 6) is 2.30. The van der Waals surface area contributed by atoms with Gasteiger partial charge in [-0.1, -0.05) is 22.0 Å². The lowest BCUT2D eigenvalue weighted by molar-refractivity contribution is -1.07. The molecule has 1 aromatic heterocycles. The first-order valence-corrected chi connectivity index (χ1v) is 11.7. The summed E-state index contributed by atoms with van der Waals surface area (Å²) in [6.45, 7) is 3.02. The molecule has 0 unspecified atom stereocenters. The molecule has 0 radical (unpaired) electrons. The molecule has 0 bridgehead atoms. The first-order valence-electron chi connectivity index (χ1n) is 10.3. The van der Waals surface area contributed by atoms with Crippen LogP contribution in [0, 0.1) is 6.92 Å². The van der Waals surface area contributed by atoms with E-state index in [-0.39, 0.29) is 15.5 Å². The second kappa shape index (κ2) is 8.45. The van der Waals surface area contributed by atoms with Crippen molar-refractivity contribution in [2.45, 2.75) is 30.6 Å². The summed E-state index contributed by atoms with van der Waals surface area (Å²) in [4.78, 5) is 4.65. The molecule has 2 heterocycles. The second-order valence-corrected chi connectivity index (χ2v) is 9.68. The van der Waals surface area contributed by atoms with Crippen LogP contribution in [0.3, 0.4) is 0 Å². The Morgan fingerprint density at radius 3 is 2.29 bits per heavy atom. The smallest absolute Gasteiger partial charge is 0.342 e. The molecule has 1 saturated heterocycles. The van der Waals surface area contributed by atoms with Gasteiger partial charge in [0.25, 0.3) is 0 Å². The average Bonchev–Trinajstić information content (AvgIpc) is 3.24. The van der Waals surface area contributed by atoms with Crippen molar-refractivity contribution in [3.8, 4) is 17.1 Å². The Kier molecular flexibility index (Phi) is 5.88. The minimum Gasteiger partial charge on any atom is -0.497 e. The van der Waals surface area contributed by atoms with Crippen LogP contribution in [0.2, 0.25) is 0 Å². The topological polar surface area (TPSA) is 78.6 Å². The Hall–Kier alpha value is -2.68. The Morgan fingerprint density at radius 1 is 1.03 bits per heavy atom. The Morgan fingerprint density at radius 2 is 1.68 bits per heavy atom. The normalized spacial score (nSPS) is 21.7. The van der Waals surface area contributed by atoms with Crippen LogP contribution in [0.5, 0.6) is 5.75 Å². The lowest BCUT2D eigenvalue weighted by atomic mass is 9.97. The van der Waals surface area contributed by atoms with Crippen LogP contribution in [-0.4, -0.2) is 45.3 Å². The minimum atomic E-state index is -3.83. The third-order valence-electron chi connectivity index (χ3n) is 5.74. The van der Waals surface area contributed by atoms with E-state index in [1.165, 1.54) is 0 Å². The highest BCUT2D eigenvalue weighted by Crippen LogP contribution is 2.34. The fraction of sp³-hybridized carbons (Fsp3) is 0.348. The fourth-order valence-corrected chi connectivity index (χ4v) is 4.96. The van der Waals surface area contributed by atoms with E-state index >= 15 is 0 Å². The Labute approximate surface area is 182 Å². The Bertz CT molecular complexity index is 1130. The molecule has 0 saturated carbocycles. The van der Waals surface area contributed by atoms with Crippen molar-refractivity contribution in [1.29, 1.82) is 0 Å². The van der Waals surface area contributed by atoms with E-state index in [0.717, 1.165) is 29.7 Å². The van der Waals surface area contributed by atoms with Crippen molar-refractivity contribution >= 4 is 10.1 Å².